The summed E-state index contributed by atoms with van der Waals surface area (Å²) >= 11 is 1.75. The molecule has 1 aromatic rings. The van der Waals surface area contributed by atoms with Gasteiger partial charge in [0, 0.05) is 24.4 Å². The topological polar surface area (TPSA) is 24.9 Å². The number of rotatable bonds is 5. The summed E-state index contributed by atoms with van der Waals surface area (Å²) < 4.78 is 0. The summed E-state index contributed by atoms with van der Waals surface area (Å²) in [4.78, 5) is 4.50. The molecule has 1 unspecified atom stereocenters. The lowest BCUT2D eigenvalue weighted by Gasteiger charge is -2.28. The smallest absolute Gasteiger partial charge is 0.0897 e. The lowest BCUT2D eigenvalue weighted by atomic mass is 9.84. The Morgan fingerprint density at radius 1 is 1.41 bits per heavy atom. The number of aryl methyl sites for hydroxylation is 1. The zero-order valence-electron chi connectivity index (χ0n) is 11.0. The third kappa shape index (κ3) is 4.07. The highest BCUT2D eigenvalue weighted by Gasteiger charge is 2.19. The van der Waals surface area contributed by atoms with Crippen LogP contribution in [0.1, 0.15) is 49.7 Å². The van der Waals surface area contributed by atoms with Gasteiger partial charge in [-0.1, -0.05) is 19.3 Å². The van der Waals surface area contributed by atoms with Crippen LogP contribution in [-0.4, -0.2) is 17.6 Å². The van der Waals surface area contributed by atoms with Crippen LogP contribution < -0.4 is 5.32 Å². The highest BCUT2D eigenvalue weighted by atomic mass is 32.1. The van der Waals surface area contributed by atoms with Crippen molar-refractivity contribution in [2.24, 2.45) is 5.92 Å². The summed E-state index contributed by atoms with van der Waals surface area (Å²) in [5, 5.41) is 7.04. The van der Waals surface area contributed by atoms with E-state index in [-0.39, 0.29) is 0 Å². The molecule has 1 atom stereocenters. The predicted molar refractivity (Wildman–Crippen MR) is 74.6 cm³/mol. The fourth-order valence-corrected chi connectivity index (χ4v) is 3.40. The molecule has 1 aliphatic carbocycles. The minimum atomic E-state index is 0.676. The first-order valence-electron chi connectivity index (χ1n) is 6.90. The molecule has 0 aromatic carbocycles. The Morgan fingerprint density at radius 2 is 2.18 bits per heavy atom. The van der Waals surface area contributed by atoms with E-state index >= 15 is 0 Å². The molecule has 3 heteroatoms. The molecule has 1 N–H and O–H groups in total. The number of hydrogen-bond donors (Lipinski definition) is 1. The fraction of sp³-hybridized carbons (Fsp3) is 0.786. The van der Waals surface area contributed by atoms with Gasteiger partial charge in [-0.05, 0) is 32.6 Å². The second-order valence-corrected chi connectivity index (χ2v) is 6.31. The van der Waals surface area contributed by atoms with Crippen molar-refractivity contribution in [3.63, 3.8) is 0 Å². The number of aromatic nitrogens is 1. The van der Waals surface area contributed by atoms with Gasteiger partial charge in [0.1, 0.15) is 0 Å². The van der Waals surface area contributed by atoms with Crippen LogP contribution in [0.3, 0.4) is 0 Å². The van der Waals surface area contributed by atoms with Gasteiger partial charge in [-0.2, -0.15) is 0 Å². The van der Waals surface area contributed by atoms with E-state index in [9.17, 15) is 0 Å². The molecule has 17 heavy (non-hydrogen) atoms. The Balaban J connectivity index is 1.67. The minimum absolute atomic E-state index is 0.676. The van der Waals surface area contributed by atoms with Crippen molar-refractivity contribution in [1.29, 1.82) is 0 Å². The highest BCUT2D eigenvalue weighted by Crippen LogP contribution is 2.26. The molecule has 1 saturated carbocycles. The summed E-state index contributed by atoms with van der Waals surface area (Å²) in [6, 6.07) is 0.676. The Morgan fingerprint density at radius 3 is 2.82 bits per heavy atom. The van der Waals surface area contributed by atoms with E-state index in [0.717, 1.165) is 18.9 Å². The van der Waals surface area contributed by atoms with Crippen molar-refractivity contribution in [2.45, 2.75) is 58.4 Å². The van der Waals surface area contributed by atoms with Gasteiger partial charge in [-0.15, -0.1) is 11.3 Å². The zero-order chi connectivity index (χ0) is 12.1. The molecule has 0 bridgehead atoms. The third-order valence-electron chi connectivity index (χ3n) is 3.87. The summed E-state index contributed by atoms with van der Waals surface area (Å²) in [7, 11) is 0. The van der Waals surface area contributed by atoms with Gasteiger partial charge in [-0.3, -0.25) is 0 Å². The Bertz CT molecular complexity index is 329. The van der Waals surface area contributed by atoms with Crippen LogP contribution in [0.2, 0.25) is 0 Å². The number of hydrogen-bond acceptors (Lipinski definition) is 3. The second kappa shape index (κ2) is 6.50. The van der Waals surface area contributed by atoms with Gasteiger partial charge in [0.05, 0.1) is 10.7 Å². The Hall–Kier alpha value is -0.410. The van der Waals surface area contributed by atoms with Crippen LogP contribution in [0.4, 0.5) is 0 Å². The van der Waals surface area contributed by atoms with Crippen molar-refractivity contribution in [2.75, 3.05) is 6.54 Å². The van der Waals surface area contributed by atoms with Crippen molar-refractivity contribution in [1.82, 2.24) is 10.3 Å². The van der Waals surface area contributed by atoms with E-state index in [1.807, 2.05) is 0 Å². The first-order valence-corrected chi connectivity index (χ1v) is 7.78. The van der Waals surface area contributed by atoms with E-state index in [4.69, 9.17) is 0 Å². The fourth-order valence-electron chi connectivity index (χ4n) is 2.75. The van der Waals surface area contributed by atoms with Crippen LogP contribution in [-0.2, 0) is 6.42 Å². The largest absolute Gasteiger partial charge is 0.314 e. The van der Waals surface area contributed by atoms with Crippen molar-refractivity contribution < 1.29 is 0 Å². The molecule has 96 valence electrons. The van der Waals surface area contributed by atoms with E-state index in [2.05, 4.69) is 29.5 Å². The molecule has 0 amide bonds. The third-order valence-corrected chi connectivity index (χ3v) is 4.69. The van der Waals surface area contributed by atoms with Gasteiger partial charge in [0.25, 0.3) is 0 Å². The number of thiazole rings is 1. The maximum Gasteiger partial charge on any atom is 0.0897 e. The standard InChI is InChI=1S/C14H24N2S/c1-11(13-6-4-3-5-7-13)15-9-8-14-10-17-12(2)16-14/h10-11,13,15H,3-9H2,1-2H3. The molecule has 0 spiro atoms. The SMILES string of the molecule is Cc1nc(CCNC(C)C2CCCCC2)cs1. The predicted octanol–water partition coefficient (Wildman–Crippen LogP) is 3.55. The van der Waals surface area contributed by atoms with Gasteiger partial charge < -0.3 is 5.32 Å². The molecule has 1 aliphatic rings. The normalized spacial score (nSPS) is 19.4. The van der Waals surface area contributed by atoms with Crippen LogP contribution in [0, 0.1) is 12.8 Å². The molecule has 1 aromatic heterocycles. The minimum Gasteiger partial charge on any atom is -0.314 e. The summed E-state index contributed by atoms with van der Waals surface area (Å²) in [6.45, 7) is 5.50. The Labute approximate surface area is 109 Å². The molecule has 0 saturated heterocycles. The maximum atomic E-state index is 4.50. The summed E-state index contributed by atoms with van der Waals surface area (Å²) in [5.41, 5.74) is 1.25. The molecule has 2 rings (SSSR count). The average Bonchev–Trinajstić information content (AvgIpc) is 2.76. The van der Waals surface area contributed by atoms with Gasteiger partial charge in [0.2, 0.25) is 0 Å². The number of nitrogens with zero attached hydrogens (tertiary/aromatic N) is 1. The quantitative estimate of drug-likeness (QED) is 0.867. The summed E-state index contributed by atoms with van der Waals surface area (Å²) in [6.07, 6.45) is 8.22. The lowest BCUT2D eigenvalue weighted by molar-refractivity contribution is 0.282. The molecular weight excluding hydrogens is 228 g/mol. The highest BCUT2D eigenvalue weighted by molar-refractivity contribution is 7.09. The molecule has 2 nitrogen and oxygen atoms in total. The first-order chi connectivity index (χ1) is 8.25. The van der Waals surface area contributed by atoms with Gasteiger partial charge >= 0.3 is 0 Å². The van der Waals surface area contributed by atoms with E-state index < -0.39 is 0 Å². The van der Waals surface area contributed by atoms with Gasteiger partial charge in [-0.25, -0.2) is 4.98 Å². The van der Waals surface area contributed by atoms with Crippen LogP contribution >= 0.6 is 11.3 Å². The molecule has 0 aliphatic heterocycles. The monoisotopic (exact) mass is 252 g/mol. The maximum absolute atomic E-state index is 4.50. The first kappa shape index (κ1) is 13.0. The molecular formula is C14H24N2S. The molecule has 1 heterocycles. The number of nitrogens with one attached hydrogen (secondary N) is 1. The van der Waals surface area contributed by atoms with Crippen LogP contribution in [0.25, 0.3) is 0 Å². The lowest BCUT2D eigenvalue weighted by Crippen LogP contribution is -2.35. The average molecular weight is 252 g/mol. The van der Waals surface area contributed by atoms with E-state index in [1.54, 1.807) is 11.3 Å². The van der Waals surface area contributed by atoms with E-state index in [0.29, 0.717) is 6.04 Å². The second-order valence-electron chi connectivity index (χ2n) is 5.25. The summed E-state index contributed by atoms with van der Waals surface area (Å²) in [5.74, 6) is 0.904. The molecule has 0 radical (unpaired) electrons. The van der Waals surface area contributed by atoms with Crippen molar-refractivity contribution >= 4 is 11.3 Å². The van der Waals surface area contributed by atoms with Crippen LogP contribution in [0.5, 0.6) is 0 Å². The van der Waals surface area contributed by atoms with E-state index in [1.165, 1.54) is 42.8 Å². The van der Waals surface area contributed by atoms with Crippen molar-refractivity contribution in [3.05, 3.63) is 16.1 Å². The van der Waals surface area contributed by atoms with Crippen molar-refractivity contribution in [3.8, 4) is 0 Å². The zero-order valence-corrected chi connectivity index (χ0v) is 11.9. The Kier molecular flexibility index (Phi) is 4.99. The van der Waals surface area contributed by atoms with Gasteiger partial charge in [0.15, 0.2) is 0 Å². The molecule has 1 fully saturated rings. The van der Waals surface area contributed by atoms with Crippen LogP contribution in [0.15, 0.2) is 5.38 Å².